The van der Waals surface area contributed by atoms with Crippen LogP contribution in [0.3, 0.4) is 0 Å². The second kappa shape index (κ2) is 9.50. The zero-order valence-electron chi connectivity index (χ0n) is 17.6. The fourth-order valence-electron chi connectivity index (χ4n) is 3.49. The Labute approximate surface area is 193 Å². The maximum atomic E-state index is 13.9. The number of benzene rings is 4. The molecule has 4 aromatic carbocycles. The number of Topliss-reactive ketones (excluding diaryl/α,β-unsaturated/α-hetero) is 2. The first-order valence-corrected chi connectivity index (χ1v) is 10.2. The van der Waals surface area contributed by atoms with Gasteiger partial charge in [-0.3, -0.25) is 19.2 Å². The summed E-state index contributed by atoms with van der Waals surface area (Å²) < 4.78 is 27.7. The molecule has 0 aliphatic carbocycles. The molecule has 0 N–H and O–H groups in total. The van der Waals surface area contributed by atoms with Gasteiger partial charge in [-0.05, 0) is 46.5 Å². The van der Waals surface area contributed by atoms with E-state index in [2.05, 4.69) is 0 Å². The Hall–Kier alpha value is -4.58. The van der Waals surface area contributed by atoms with Crippen molar-refractivity contribution in [1.82, 2.24) is 0 Å². The summed E-state index contributed by atoms with van der Waals surface area (Å²) in [5, 5.41) is 0. The first kappa shape index (κ1) is 22.6. The van der Waals surface area contributed by atoms with Gasteiger partial charge in [-0.1, -0.05) is 60.7 Å². The molecule has 4 nitrogen and oxygen atoms in total. The molecule has 0 radical (unpaired) electrons. The van der Waals surface area contributed by atoms with Gasteiger partial charge in [0.05, 0.1) is 11.1 Å². The number of hydrogen-bond donors (Lipinski definition) is 0. The van der Waals surface area contributed by atoms with E-state index >= 15 is 0 Å². The van der Waals surface area contributed by atoms with Crippen molar-refractivity contribution in [2.24, 2.45) is 0 Å². The maximum Gasteiger partial charge on any atom is 0.233 e. The van der Waals surface area contributed by atoms with Gasteiger partial charge in [-0.25, -0.2) is 8.78 Å². The summed E-state index contributed by atoms with van der Waals surface area (Å²) in [7, 11) is 0. The second-order valence-electron chi connectivity index (χ2n) is 7.52. The van der Waals surface area contributed by atoms with Crippen LogP contribution in [0.2, 0.25) is 0 Å². The highest BCUT2D eigenvalue weighted by molar-refractivity contribution is 6.49. The van der Waals surface area contributed by atoms with Crippen LogP contribution >= 0.6 is 0 Å². The van der Waals surface area contributed by atoms with Gasteiger partial charge in [0.25, 0.3) is 0 Å². The lowest BCUT2D eigenvalue weighted by molar-refractivity contribution is 0.0817. The Morgan fingerprint density at radius 3 is 1.12 bits per heavy atom. The van der Waals surface area contributed by atoms with E-state index in [0.717, 1.165) is 0 Å². The van der Waals surface area contributed by atoms with Crippen LogP contribution < -0.4 is 0 Å². The topological polar surface area (TPSA) is 68.3 Å². The molecule has 34 heavy (non-hydrogen) atoms. The molecule has 166 valence electrons. The molecule has 0 spiro atoms. The van der Waals surface area contributed by atoms with Gasteiger partial charge < -0.3 is 0 Å². The number of hydrogen-bond acceptors (Lipinski definition) is 4. The SMILES string of the molecule is O=Cc1ccc(-c2ccc(C(=O)C(=O)c3ccc(-c4ccc(C=O)c(F)c4)cc3)cc2)cc1F. The van der Waals surface area contributed by atoms with Gasteiger partial charge in [0, 0.05) is 11.1 Å². The number of rotatable bonds is 7. The van der Waals surface area contributed by atoms with Crippen LogP contribution in [0.4, 0.5) is 8.78 Å². The fourth-order valence-corrected chi connectivity index (χ4v) is 3.49. The van der Waals surface area contributed by atoms with Gasteiger partial charge >= 0.3 is 0 Å². The third-order valence-electron chi connectivity index (χ3n) is 5.42. The molecule has 0 heterocycles. The van der Waals surface area contributed by atoms with Crippen molar-refractivity contribution in [2.45, 2.75) is 0 Å². The van der Waals surface area contributed by atoms with Gasteiger partial charge in [-0.15, -0.1) is 0 Å². The molecule has 0 saturated heterocycles. The van der Waals surface area contributed by atoms with Crippen molar-refractivity contribution >= 4 is 24.1 Å². The van der Waals surface area contributed by atoms with Crippen molar-refractivity contribution in [3.05, 3.63) is 119 Å². The molecule has 4 rings (SSSR count). The van der Waals surface area contributed by atoms with E-state index in [1.807, 2.05) is 0 Å². The van der Waals surface area contributed by atoms with Crippen LogP contribution in [-0.4, -0.2) is 24.1 Å². The standard InChI is InChI=1S/C28H16F2O4/c29-25-13-21(9-11-23(25)15-31)17-1-5-19(6-2-17)27(33)28(34)20-7-3-18(4-8-20)22-10-12-24(16-32)26(30)14-22/h1-16H. The molecule has 0 bridgehead atoms. The predicted octanol–water partition coefficient (Wildman–Crippen LogP) is 5.99. The summed E-state index contributed by atoms with van der Waals surface area (Å²) in [5.41, 5.74) is 2.56. The molecule has 0 amide bonds. The minimum absolute atomic E-state index is 0.0460. The van der Waals surface area contributed by atoms with Crippen LogP contribution in [0, 0.1) is 11.6 Å². The van der Waals surface area contributed by atoms with E-state index in [1.54, 1.807) is 36.4 Å². The summed E-state index contributed by atoms with van der Waals surface area (Å²) in [6, 6.07) is 20.7. The quantitative estimate of drug-likeness (QED) is 0.195. The van der Waals surface area contributed by atoms with Crippen LogP contribution in [0.5, 0.6) is 0 Å². The average molecular weight is 454 g/mol. The molecule has 4 aromatic rings. The van der Waals surface area contributed by atoms with Crippen LogP contribution in [-0.2, 0) is 0 Å². The Morgan fingerprint density at radius 2 is 0.824 bits per heavy atom. The minimum Gasteiger partial charge on any atom is -0.298 e. The smallest absolute Gasteiger partial charge is 0.233 e. The fraction of sp³-hybridized carbons (Fsp3) is 0. The number of halogens is 2. The summed E-state index contributed by atoms with van der Waals surface area (Å²) in [4.78, 5) is 46.9. The monoisotopic (exact) mass is 454 g/mol. The highest BCUT2D eigenvalue weighted by atomic mass is 19.1. The van der Waals surface area contributed by atoms with Crippen molar-refractivity contribution in [3.63, 3.8) is 0 Å². The third kappa shape index (κ3) is 4.47. The second-order valence-corrected chi connectivity index (χ2v) is 7.52. The highest BCUT2D eigenvalue weighted by Gasteiger charge is 2.18. The van der Waals surface area contributed by atoms with Gasteiger partial charge in [-0.2, -0.15) is 0 Å². The van der Waals surface area contributed by atoms with E-state index in [-0.39, 0.29) is 22.3 Å². The predicted molar refractivity (Wildman–Crippen MR) is 123 cm³/mol. The lowest BCUT2D eigenvalue weighted by atomic mass is 9.96. The van der Waals surface area contributed by atoms with E-state index in [0.29, 0.717) is 34.8 Å². The van der Waals surface area contributed by atoms with Crippen molar-refractivity contribution in [3.8, 4) is 22.3 Å². The molecule has 0 fully saturated rings. The third-order valence-corrected chi connectivity index (χ3v) is 5.42. The van der Waals surface area contributed by atoms with Crippen molar-refractivity contribution < 1.29 is 28.0 Å². The van der Waals surface area contributed by atoms with Gasteiger partial charge in [0.1, 0.15) is 11.6 Å². The molecule has 0 aliphatic heterocycles. The number of carbonyl (C=O) groups excluding carboxylic acids is 4. The Balaban J connectivity index is 1.51. The molecule has 6 heteroatoms. The number of ketones is 2. The Bertz CT molecular complexity index is 1310. The van der Waals surface area contributed by atoms with E-state index in [4.69, 9.17) is 0 Å². The van der Waals surface area contributed by atoms with Gasteiger partial charge in [0.15, 0.2) is 12.6 Å². The zero-order valence-corrected chi connectivity index (χ0v) is 17.6. The van der Waals surface area contributed by atoms with Crippen LogP contribution in [0.1, 0.15) is 41.4 Å². The summed E-state index contributed by atoms with van der Waals surface area (Å²) in [6.45, 7) is 0. The van der Waals surface area contributed by atoms with Gasteiger partial charge in [0.2, 0.25) is 11.6 Å². The summed E-state index contributed by atoms with van der Waals surface area (Å²) in [5.74, 6) is -2.70. The molecular formula is C28H16F2O4. The Morgan fingerprint density at radius 1 is 0.500 bits per heavy atom. The molecule has 0 aromatic heterocycles. The number of aldehydes is 2. The number of carbonyl (C=O) groups is 4. The minimum atomic E-state index is -0.705. The first-order chi connectivity index (χ1) is 16.4. The van der Waals surface area contributed by atoms with E-state index in [9.17, 15) is 28.0 Å². The maximum absolute atomic E-state index is 13.9. The van der Waals surface area contributed by atoms with Crippen molar-refractivity contribution in [2.75, 3.05) is 0 Å². The first-order valence-electron chi connectivity index (χ1n) is 10.2. The van der Waals surface area contributed by atoms with Crippen LogP contribution in [0.25, 0.3) is 22.3 Å². The molecule has 0 atom stereocenters. The average Bonchev–Trinajstić information content (AvgIpc) is 2.88. The van der Waals surface area contributed by atoms with E-state index < -0.39 is 23.2 Å². The van der Waals surface area contributed by atoms with Crippen molar-refractivity contribution in [1.29, 1.82) is 0 Å². The molecule has 0 saturated carbocycles. The lowest BCUT2D eigenvalue weighted by Gasteiger charge is -2.07. The largest absolute Gasteiger partial charge is 0.298 e. The Kier molecular flexibility index (Phi) is 6.32. The normalized spacial score (nSPS) is 10.5. The summed E-state index contributed by atoms with van der Waals surface area (Å²) in [6.07, 6.45) is 0.862. The zero-order chi connectivity index (χ0) is 24.2. The summed E-state index contributed by atoms with van der Waals surface area (Å²) >= 11 is 0. The molecule has 0 aliphatic rings. The molecular weight excluding hydrogens is 438 g/mol. The highest BCUT2D eigenvalue weighted by Crippen LogP contribution is 2.24. The van der Waals surface area contributed by atoms with E-state index in [1.165, 1.54) is 48.5 Å². The molecule has 0 unspecified atom stereocenters. The lowest BCUT2D eigenvalue weighted by Crippen LogP contribution is -2.14. The van der Waals surface area contributed by atoms with Crippen LogP contribution in [0.15, 0.2) is 84.9 Å².